The molecule has 0 saturated heterocycles. The fourth-order valence-corrected chi connectivity index (χ4v) is 2.19. The number of hydrogen-bond donors (Lipinski definition) is 2. The Hall–Kier alpha value is -1.07. The van der Waals surface area contributed by atoms with E-state index in [1.165, 1.54) is 12.1 Å². The molecule has 0 aliphatic heterocycles. The lowest BCUT2D eigenvalue weighted by Gasteiger charge is -2.15. The predicted octanol–water partition coefficient (Wildman–Crippen LogP) is 2.51. The highest BCUT2D eigenvalue weighted by atomic mass is 32.2. The zero-order valence-corrected chi connectivity index (χ0v) is 11.3. The molecular formula is C13H18FNO2S. The molecule has 3 nitrogen and oxygen atoms in total. The van der Waals surface area contributed by atoms with Gasteiger partial charge in [-0.2, -0.15) is 11.8 Å². The van der Waals surface area contributed by atoms with Crippen molar-refractivity contribution in [1.82, 2.24) is 5.32 Å². The van der Waals surface area contributed by atoms with Crippen molar-refractivity contribution in [2.75, 3.05) is 5.75 Å². The van der Waals surface area contributed by atoms with Gasteiger partial charge in [0.25, 0.3) is 0 Å². The Morgan fingerprint density at radius 2 is 2.00 bits per heavy atom. The quantitative estimate of drug-likeness (QED) is 0.800. The first-order chi connectivity index (χ1) is 8.49. The van der Waals surface area contributed by atoms with Crippen LogP contribution in [0.3, 0.4) is 0 Å². The Kier molecular flexibility index (Phi) is 6.15. The second kappa shape index (κ2) is 7.38. The van der Waals surface area contributed by atoms with Crippen LogP contribution in [0.5, 0.6) is 0 Å². The third kappa shape index (κ3) is 5.51. The van der Waals surface area contributed by atoms with E-state index in [-0.39, 0.29) is 5.82 Å². The summed E-state index contributed by atoms with van der Waals surface area (Å²) in [6.45, 7) is 4.49. The second-order valence-electron chi connectivity index (χ2n) is 4.28. The fraction of sp³-hybridized carbons (Fsp3) is 0.462. The summed E-state index contributed by atoms with van der Waals surface area (Å²) in [5.74, 6) is -0.622. The van der Waals surface area contributed by atoms with E-state index in [1.807, 2.05) is 13.8 Å². The minimum atomic E-state index is -0.856. The van der Waals surface area contributed by atoms with Crippen LogP contribution in [0, 0.1) is 5.82 Å². The van der Waals surface area contributed by atoms with Gasteiger partial charge in [0.2, 0.25) is 0 Å². The van der Waals surface area contributed by atoms with Gasteiger partial charge in [0.15, 0.2) is 0 Å². The first kappa shape index (κ1) is 15.0. The van der Waals surface area contributed by atoms with Crippen LogP contribution < -0.4 is 5.32 Å². The van der Waals surface area contributed by atoms with E-state index in [1.54, 1.807) is 23.9 Å². The van der Waals surface area contributed by atoms with Crippen LogP contribution in [0.1, 0.15) is 19.4 Å². The molecule has 0 aliphatic rings. The van der Waals surface area contributed by atoms with E-state index in [4.69, 9.17) is 5.11 Å². The highest BCUT2D eigenvalue weighted by Gasteiger charge is 2.17. The molecule has 1 rings (SSSR count). The molecular weight excluding hydrogens is 253 g/mol. The van der Waals surface area contributed by atoms with E-state index in [2.05, 4.69) is 5.32 Å². The third-order valence-electron chi connectivity index (χ3n) is 2.36. The highest BCUT2D eigenvalue weighted by molar-refractivity contribution is 7.99. The number of benzene rings is 1. The van der Waals surface area contributed by atoms with Gasteiger partial charge in [0.05, 0.1) is 0 Å². The van der Waals surface area contributed by atoms with Crippen molar-refractivity contribution in [3.8, 4) is 0 Å². The van der Waals surface area contributed by atoms with Gasteiger partial charge in [-0.15, -0.1) is 0 Å². The van der Waals surface area contributed by atoms with Gasteiger partial charge >= 0.3 is 5.97 Å². The molecule has 0 radical (unpaired) electrons. The first-order valence-corrected chi connectivity index (χ1v) is 6.86. The zero-order valence-electron chi connectivity index (χ0n) is 10.5. The van der Waals surface area contributed by atoms with Crippen molar-refractivity contribution in [2.24, 2.45) is 0 Å². The summed E-state index contributed by atoms with van der Waals surface area (Å²) in [7, 11) is 0. The molecule has 0 aliphatic carbocycles. The number of carboxylic acid groups (broad SMARTS) is 1. The molecule has 1 atom stereocenters. The van der Waals surface area contributed by atoms with Gasteiger partial charge < -0.3 is 5.11 Å². The Morgan fingerprint density at radius 3 is 2.50 bits per heavy atom. The number of aliphatic carboxylic acids is 1. The molecule has 0 saturated carbocycles. The normalized spacial score (nSPS) is 12.7. The van der Waals surface area contributed by atoms with Gasteiger partial charge in [0, 0.05) is 12.3 Å². The number of rotatable bonds is 7. The first-order valence-electron chi connectivity index (χ1n) is 5.81. The molecule has 18 heavy (non-hydrogen) atoms. The predicted molar refractivity (Wildman–Crippen MR) is 72.3 cm³/mol. The molecule has 1 aromatic carbocycles. The Bertz CT molecular complexity index is 381. The summed E-state index contributed by atoms with van der Waals surface area (Å²) >= 11 is 1.60. The second-order valence-corrected chi connectivity index (χ2v) is 5.89. The number of halogens is 1. The van der Waals surface area contributed by atoms with Crippen molar-refractivity contribution in [3.05, 3.63) is 35.6 Å². The molecule has 0 bridgehead atoms. The molecule has 100 valence electrons. The van der Waals surface area contributed by atoms with E-state index < -0.39 is 12.0 Å². The Morgan fingerprint density at radius 1 is 1.39 bits per heavy atom. The lowest BCUT2D eigenvalue weighted by atomic mass is 10.2. The lowest BCUT2D eigenvalue weighted by Crippen LogP contribution is -2.38. The van der Waals surface area contributed by atoms with Crippen molar-refractivity contribution < 1.29 is 14.3 Å². The van der Waals surface area contributed by atoms with Gasteiger partial charge in [-0.25, -0.2) is 4.39 Å². The molecule has 5 heteroatoms. The van der Waals surface area contributed by atoms with E-state index >= 15 is 0 Å². The van der Waals surface area contributed by atoms with Gasteiger partial charge in [-0.1, -0.05) is 26.0 Å². The fourth-order valence-electron chi connectivity index (χ4n) is 1.35. The molecule has 1 aromatic rings. The molecule has 0 spiro atoms. The molecule has 2 N–H and O–H groups in total. The Balaban J connectivity index is 2.46. The number of hydrogen-bond acceptors (Lipinski definition) is 3. The maximum Gasteiger partial charge on any atom is 0.321 e. The maximum absolute atomic E-state index is 12.7. The highest BCUT2D eigenvalue weighted by Crippen LogP contribution is 2.11. The average Bonchev–Trinajstić information content (AvgIpc) is 2.30. The minimum Gasteiger partial charge on any atom is -0.480 e. The molecule has 0 unspecified atom stereocenters. The number of carboxylic acids is 1. The van der Waals surface area contributed by atoms with Crippen LogP contribution in [0.2, 0.25) is 0 Å². The molecule has 0 aromatic heterocycles. The molecule has 0 heterocycles. The smallest absolute Gasteiger partial charge is 0.321 e. The minimum absolute atomic E-state index is 0.288. The topological polar surface area (TPSA) is 49.3 Å². The summed E-state index contributed by atoms with van der Waals surface area (Å²) < 4.78 is 12.7. The monoisotopic (exact) mass is 271 g/mol. The summed E-state index contributed by atoms with van der Waals surface area (Å²) in [4.78, 5) is 11.1. The number of nitrogens with one attached hydrogen (secondary N) is 1. The van der Waals surface area contributed by atoms with Gasteiger partial charge in [-0.05, 0) is 22.9 Å². The van der Waals surface area contributed by atoms with Crippen LogP contribution >= 0.6 is 11.8 Å². The van der Waals surface area contributed by atoms with Crippen LogP contribution in [0.25, 0.3) is 0 Å². The van der Waals surface area contributed by atoms with E-state index in [9.17, 15) is 9.18 Å². The van der Waals surface area contributed by atoms with Gasteiger partial charge in [0.1, 0.15) is 11.9 Å². The summed E-state index contributed by atoms with van der Waals surface area (Å²) in [6.07, 6.45) is 0. The number of thioether (sulfide) groups is 1. The standard InChI is InChI=1S/C13H18FNO2S/c1-9(2)18-8-12(13(16)17)15-7-10-3-5-11(14)6-4-10/h3-6,9,12,15H,7-8H2,1-2H3,(H,16,17)/t12-/m0/s1. The Labute approximate surface area is 111 Å². The summed E-state index contributed by atoms with van der Waals surface area (Å²) in [5, 5.41) is 12.4. The largest absolute Gasteiger partial charge is 0.480 e. The average molecular weight is 271 g/mol. The SMILES string of the molecule is CC(C)SC[C@H](NCc1ccc(F)cc1)C(=O)O. The summed E-state index contributed by atoms with van der Waals surface area (Å²) in [6, 6.07) is 5.46. The van der Waals surface area contributed by atoms with Crippen LogP contribution in [-0.4, -0.2) is 28.1 Å². The third-order valence-corrected chi connectivity index (χ3v) is 3.55. The lowest BCUT2D eigenvalue weighted by molar-refractivity contribution is -0.138. The van der Waals surface area contributed by atoms with Crippen LogP contribution in [0.4, 0.5) is 4.39 Å². The van der Waals surface area contributed by atoms with Crippen molar-refractivity contribution >= 4 is 17.7 Å². The van der Waals surface area contributed by atoms with Crippen LogP contribution in [-0.2, 0) is 11.3 Å². The van der Waals surface area contributed by atoms with Crippen molar-refractivity contribution in [3.63, 3.8) is 0 Å². The van der Waals surface area contributed by atoms with E-state index in [0.29, 0.717) is 17.5 Å². The maximum atomic E-state index is 12.7. The van der Waals surface area contributed by atoms with E-state index in [0.717, 1.165) is 5.56 Å². The molecule has 0 amide bonds. The zero-order chi connectivity index (χ0) is 13.5. The van der Waals surface area contributed by atoms with Gasteiger partial charge in [-0.3, -0.25) is 10.1 Å². The number of carbonyl (C=O) groups is 1. The summed E-state index contributed by atoms with van der Waals surface area (Å²) in [5.41, 5.74) is 0.872. The molecule has 0 fully saturated rings. The van der Waals surface area contributed by atoms with Crippen LogP contribution in [0.15, 0.2) is 24.3 Å². The van der Waals surface area contributed by atoms with Crippen molar-refractivity contribution in [2.45, 2.75) is 31.7 Å². The van der Waals surface area contributed by atoms with Crippen molar-refractivity contribution in [1.29, 1.82) is 0 Å².